The van der Waals surface area contributed by atoms with Gasteiger partial charge in [0.1, 0.15) is 0 Å². The zero-order chi connectivity index (χ0) is 28.5. The van der Waals surface area contributed by atoms with Crippen LogP contribution >= 0.6 is 23.5 Å². The third-order valence-corrected chi connectivity index (χ3v) is 8.71. The van der Waals surface area contributed by atoms with Gasteiger partial charge in [0.15, 0.2) is 0 Å². The Morgan fingerprint density at radius 2 is 1.38 bits per heavy atom. The van der Waals surface area contributed by atoms with Crippen LogP contribution in [0, 0.1) is 11.8 Å². The molecule has 1 aliphatic rings. The van der Waals surface area contributed by atoms with Crippen LogP contribution in [-0.2, 0) is 9.59 Å². The Hall–Kier alpha value is -3.64. The summed E-state index contributed by atoms with van der Waals surface area (Å²) < 4.78 is 5.29. The second kappa shape index (κ2) is 14.1. The number of hydrogen-bond acceptors (Lipinski definition) is 9. The number of amides is 2. The smallest absolute Gasteiger partial charge is 0.305 e. The SMILES string of the molecule is C[C@H](CSC(=O)c1ccccc1)C(=O)Nc1c[n+](N2CCN(C(=O)[C@H](C)CSC(=O)c3ccccc3)CC2)no1. The molecular formula is C28H32N5O5S2+. The first-order chi connectivity index (χ1) is 19.3. The largest absolute Gasteiger partial charge is 0.338 e. The molecule has 0 bridgehead atoms. The maximum absolute atomic E-state index is 12.9. The number of nitrogens with one attached hydrogen (secondary N) is 1. The van der Waals surface area contributed by atoms with E-state index in [2.05, 4.69) is 10.6 Å². The molecule has 0 radical (unpaired) electrons. The fourth-order valence-corrected chi connectivity index (χ4v) is 5.67. The molecule has 4 rings (SSSR count). The molecule has 1 saturated heterocycles. The average molecular weight is 583 g/mol. The van der Waals surface area contributed by atoms with E-state index >= 15 is 0 Å². The Labute approximate surface area is 241 Å². The molecule has 2 heterocycles. The third-order valence-electron chi connectivity index (χ3n) is 6.38. The summed E-state index contributed by atoms with van der Waals surface area (Å²) in [6, 6.07) is 18.0. The standard InChI is InChI=1S/C28H31N5O5S2/c1-20(18-39-27(36)22-9-5-3-6-10-22)25(34)29-24-17-33(30-38-24)32-15-13-31(14-16-32)26(35)21(2)19-40-28(37)23-11-7-4-8-12-23/h3-12,17,20-21H,13-16,18-19H2,1-2H3/p+1/t20-,21-/m1/s1. The molecule has 1 aliphatic heterocycles. The van der Waals surface area contributed by atoms with Gasteiger partial charge in [0.05, 0.1) is 17.9 Å². The number of anilines is 1. The number of carbonyl (C=O) groups excluding carboxylic acids is 4. The fourth-order valence-electron chi connectivity index (χ4n) is 3.97. The minimum atomic E-state index is -0.422. The normalized spacial score (nSPS) is 14.8. The Bertz CT molecular complexity index is 1310. The summed E-state index contributed by atoms with van der Waals surface area (Å²) in [5, 5.41) is 8.50. The molecule has 2 atom stereocenters. The zero-order valence-electron chi connectivity index (χ0n) is 22.4. The van der Waals surface area contributed by atoms with Crippen LogP contribution in [0.5, 0.6) is 0 Å². The van der Waals surface area contributed by atoms with Crippen molar-refractivity contribution in [2.45, 2.75) is 13.8 Å². The molecule has 0 spiro atoms. The van der Waals surface area contributed by atoms with E-state index in [1.165, 1.54) is 4.79 Å². The van der Waals surface area contributed by atoms with Gasteiger partial charge in [-0.25, -0.2) is 0 Å². The van der Waals surface area contributed by atoms with Crippen molar-refractivity contribution in [3.63, 3.8) is 0 Å². The molecule has 210 valence electrons. The lowest BCUT2D eigenvalue weighted by atomic mass is 10.1. The first-order valence-corrected chi connectivity index (χ1v) is 15.0. The van der Waals surface area contributed by atoms with Gasteiger partial charge >= 0.3 is 5.88 Å². The Kier molecular flexibility index (Phi) is 10.4. The topological polar surface area (TPSA) is 117 Å². The minimum Gasteiger partial charge on any atom is -0.338 e. The third kappa shape index (κ3) is 7.95. The van der Waals surface area contributed by atoms with Crippen molar-refractivity contribution in [2.75, 3.05) is 48.0 Å². The van der Waals surface area contributed by atoms with E-state index in [0.29, 0.717) is 48.8 Å². The van der Waals surface area contributed by atoms with Crippen molar-refractivity contribution >= 4 is 51.5 Å². The van der Waals surface area contributed by atoms with E-state index in [4.69, 9.17) is 4.52 Å². The fraction of sp³-hybridized carbons (Fsp3) is 0.357. The maximum atomic E-state index is 12.9. The van der Waals surface area contributed by atoms with Crippen molar-refractivity contribution in [1.29, 1.82) is 0 Å². The molecule has 2 aromatic carbocycles. The van der Waals surface area contributed by atoms with E-state index in [9.17, 15) is 19.2 Å². The first kappa shape index (κ1) is 29.3. The number of benzene rings is 2. The summed E-state index contributed by atoms with van der Waals surface area (Å²) in [6.45, 7) is 5.68. The van der Waals surface area contributed by atoms with Crippen molar-refractivity contribution in [1.82, 2.24) is 10.2 Å². The summed E-state index contributed by atoms with van der Waals surface area (Å²) in [5.74, 6) is -0.00801. The van der Waals surface area contributed by atoms with Gasteiger partial charge in [0.25, 0.3) is 6.20 Å². The number of thioether (sulfide) groups is 2. The van der Waals surface area contributed by atoms with Crippen molar-refractivity contribution < 1.29 is 28.5 Å². The van der Waals surface area contributed by atoms with E-state index in [1.807, 2.05) is 36.2 Å². The van der Waals surface area contributed by atoms with Crippen LogP contribution in [0.4, 0.5) is 5.88 Å². The van der Waals surface area contributed by atoms with Gasteiger partial charge in [0.2, 0.25) is 27.3 Å². The van der Waals surface area contributed by atoms with Crippen LogP contribution in [0.3, 0.4) is 0 Å². The number of piperazine rings is 1. The molecule has 0 aliphatic carbocycles. The average Bonchev–Trinajstić information content (AvgIpc) is 3.47. The summed E-state index contributed by atoms with van der Waals surface area (Å²) >= 11 is 2.27. The van der Waals surface area contributed by atoms with Crippen molar-refractivity contribution in [3.05, 3.63) is 78.0 Å². The van der Waals surface area contributed by atoms with Crippen LogP contribution in [0.2, 0.25) is 0 Å². The highest BCUT2D eigenvalue weighted by molar-refractivity contribution is 8.14. The van der Waals surface area contributed by atoms with E-state index in [-0.39, 0.29) is 33.8 Å². The highest BCUT2D eigenvalue weighted by Crippen LogP contribution is 2.19. The van der Waals surface area contributed by atoms with Gasteiger partial charge < -0.3 is 4.90 Å². The van der Waals surface area contributed by atoms with Gasteiger partial charge in [-0.1, -0.05) is 98.0 Å². The minimum absolute atomic E-state index is 0.0173. The summed E-state index contributed by atoms with van der Waals surface area (Å²) in [4.78, 5) is 53.5. The molecule has 3 aromatic rings. The van der Waals surface area contributed by atoms with Gasteiger partial charge in [-0.15, -0.1) is 5.01 Å². The second-order valence-corrected chi connectivity index (χ2v) is 11.5. The van der Waals surface area contributed by atoms with E-state index < -0.39 is 5.92 Å². The van der Waals surface area contributed by atoms with Gasteiger partial charge in [-0.3, -0.25) is 29.0 Å². The predicted molar refractivity (Wildman–Crippen MR) is 155 cm³/mol. The zero-order valence-corrected chi connectivity index (χ0v) is 24.0. The number of carbonyl (C=O) groups is 4. The molecule has 1 fully saturated rings. The van der Waals surface area contributed by atoms with E-state index in [0.717, 1.165) is 23.5 Å². The first-order valence-electron chi connectivity index (χ1n) is 13.0. The van der Waals surface area contributed by atoms with Crippen molar-refractivity contribution in [2.24, 2.45) is 11.8 Å². The quantitative estimate of drug-likeness (QED) is 0.360. The Morgan fingerprint density at radius 1 is 0.850 bits per heavy atom. The molecule has 2 amide bonds. The molecule has 0 unspecified atom stereocenters. The van der Waals surface area contributed by atoms with Gasteiger partial charge in [-0.05, 0) is 0 Å². The van der Waals surface area contributed by atoms with Crippen LogP contribution in [-0.4, -0.2) is 69.9 Å². The molecule has 1 aromatic heterocycles. The number of aromatic nitrogens is 2. The highest BCUT2D eigenvalue weighted by atomic mass is 32.2. The van der Waals surface area contributed by atoms with Crippen LogP contribution in [0.1, 0.15) is 34.6 Å². The highest BCUT2D eigenvalue weighted by Gasteiger charge is 2.31. The molecule has 0 saturated carbocycles. The second-order valence-electron chi connectivity index (χ2n) is 9.49. The van der Waals surface area contributed by atoms with Crippen LogP contribution in [0.25, 0.3) is 0 Å². The Balaban J connectivity index is 1.19. The van der Waals surface area contributed by atoms with Crippen molar-refractivity contribution in [3.8, 4) is 0 Å². The predicted octanol–water partition coefficient (Wildman–Crippen LogP) is 3.10. The lowest BCUT2D eigenvalue weighted by molar-refractivity contribution is -0.759. The molecular weight excluding hydrogens is 550 g/mol. The molecule has 12 heteroatoms. The lowest BCUT2D eigenvalue weighted by Crippen LogP contribution is -2.66. The van der Waals surface area contributed by atoms with E-state index in [1.54, 1.807) is 54.4 Å². The number of hydrogen-bond donors (Lipinski definition) is 1. The summed E-state index contributed by atoms with van der Waals surface area (Å²) in [6.07, 6.45) is 1.58. The van der Waals surface area contributed by atoms with Crippen LogP contribution < -0.4 is 15.1 Å². The lowest BCUT2D eigenvalue weighted by Gasteiger charge is -2.31. The molecule has 10 nitrogen and oxygen atoms in total. The number of rotatable bonds is 10. The Morgan fingerprint density at radius 3 is 1.93 bits per heavy atom. The van der Waals surface area contributed by atoms with Crippen LogP contribution in [0.15, 0.2) is 71.4 Å². The monoisotopic (exact) mass is 582 g/mol. The summed E-state index contributed by atoms with van der Waals surface area (Å²) in [5.41, 5.74) is 1.23. The van der Waals surface area contributed by atoms with Gasteiger partial charge in [-0.2, -0.15) is 0 Å². The maximum Gasteiger partial charge on any atom is 0.305 e. The van der Waals surface area contributed by atoms with Gasteiger partial charge in [0, 0.05) is 47.6 Å². The number of nitrogens with zero attached hydrogens (tertiary/aromatic N) is 4. The molecule has 1 N–H and O–H groups in total. The molecule has 40 heavy (non-hydrogen) atoms. The summed E-state index contributed by atoms with van der Waals surface area (Å²) in [7, 11) is 0.